The summed E-state index contributed by atoms with van der Waals surface area (Å²) in [4.78, 5) is 13.4. The van der Waals surface area contributed by atoms with E-state index in [1.54, 1.807) is 0 Å². The number of hydrogen-bond acceptors (Lipinski definition) is 3. The fourth-order valence-electron chi connectivity index (χ4n) is 2.29. The Labute approximate surface area is 116 Å². The first-order valence-corrected chi connectivity index (χ1v) is 6.42. The molecule has 0 aromatic heterocycles. The predicted molar refractivity (Wildman–Crippen MR) is 68.3 cm³/mol. The van der Waals surface area contributed by atoms with Gasteiger partial charge in [-0.2, -0.15) is 0 Å². The number of carbonyl (C=O) groups excluding carboxylic acids is 1. The smallest absolute Gasteiger partial charge is 0.256 e. The van der Waals surface area contributed by atoms with E-state index in [2.05, 4.69) is 0 Å². The van der Waals surface area contributed by atoms with Gasteiger partial charge in [0.2, 0.25) is 0 Å². The van der Waals surface area contributed by atoms with Gasteiger partial charge in [0.05, 0.1) is 11.2 Å². The van der Waals surface area contributed by atoms with Gasteiger partial charge in [-0.05, 0) is 12.1 Å². The molecule has 0 atom stereocenters. The van der Waals surface area contributed by atoms with Crippen molar-refractivity contribution in [2.45, 2.75) is 18.4 Å². The number of carbonyl (C=O) groups is 1. The maximum Gasteiger partial charge on any atom is 0.256 e. The van der Waals surface area contributed by atoms with Crippen molar-refractivity contribution < 1.29 is 23.4 Å². The second-order valence-electron chi connectivity index (χ2n) is 5.12. The third kappa shape index (κ3) is 3.32. The summed E-state index contributed by atoms with van der Waals surface area (Å²) in [7, 11) is 1.48. The summed E-state index contributed by atoms with van der Waals surface area (Å²) in [5.74, 6) is -2.21. The van der Waals surface area contributed by atoms with Crippen LogP contribution in [0.1, 0.15) is 23.2 Å². The summed E-state index contributed by atoms with van der Waals surface area (Å²) in [6.07, 6.45) is 0.854. The van der Waals surface area contributed by atoms with E-state index < -0.39 is 23.1 Å². The van der Waals surface area contributed by atoms with E-state index in [0.29, 0.717) is 32.1 Å². The van der Waals surface area contributed by atoms with Gasteiger partial charge < -0.3 is 14.7 Å². The van der Waals surface area contributed by atoms with Crippen molar-refractivity contribution in [1.29, 1.82) is 0 Å². The van der Waals surface area contributed by atoms with Crippen LogP contribution in [0.25, 0.3) is 0 Å². The van der Waals surface area contributed by atoms with Crippen LogP contribution < -0.4 is 0 Å². The molecule has 1 amide bonds. The summed E-state index contributed by atoms with van der Waals surface area (Å²) in [5, 5.41) is 10.3. The second kappa shape index (κ2) is 5.85. The first-order valence-electron chi connectivity index (χ1n) is 6.42. The lowest BCUT2D eigenvalue weighted by atomic mass is 9.93. The Morgan fingerprint density at radius 1 is 1.40 bits per heavy atom. The molecule has 1 aromatic carbocycles. The first-order chi connectivity index (χ1) is 9.41. The van der Waals surface area contributed by atoms with Crippen LogP contribution >= 0.6 is 0 Å². The molecule has 1 aromatic rings. The Morgan fingerprint density at radius 2 is 2.05 bits per heavy atom. The topological polar surface area (TPSA) is 49.8 Å². The minimum atomic E-state index is -1.01. The summed E-state index contributed by atoms with van der Waals surface area (Å²) in [6, 6.07) is 2.81. The fraction of sp³-hybridized carbons (Fsp3) is 0.500. The predicted octanol–water partition coefficient (Wildman–Crippen LogP) is 1.58. The maximum absolute atomic E-state index is 13.6. The molecule has 1 saturated heterocycles. The van der Waals surface area contributed by atoms with E-state index in [9.17, 15) is 18.7 Å². The van der Waals surface area contributed by atoms with Crippen molar-refractivity contribution in [3.63, 3.8) is 0 Å². The Balaban J connectivity index is 2.08. The van der Waals surface area contributed by atoms with Crippen LogP contribution in [0.15, 0.2) is 18.2 Å². The molecule has 1 N–H and O–H groups in total. The summed E-state index contributed by atoms with van der Waals surface area (Å²) < 4.78 is 31.6. The van der Waals surface area contributed by atoms with Crippen molar-refractivity contribution >= 4 is 5.91 Å². The average molecular weight is 285 g/mol. The van der Waals surface area contributed by atoms with E-state index in [0.717, 1.165) is 12.1 Å². The quantitative estimate of drug-likeness (QED) is 0.917. The number of halogens is 2. The molecule has 0 spiro atoms. The van der Waals surface area contributed by atoms with Gasteiger partial charge in [0.15, 0.2) is 0 Å². The highest BCUT2D eigenvalue weighted by Crippen LogP contribution is 2.22. The number of rotatable bonds is 3. The third-order valence-corrected chi connectivity index (χ3v) is 3.46. The minimum absolute atomic E-state index is 0.0893. The first kappa shape index (κ1) is 14.9. The number of likely N-dealkylation sites (N-methyl/N-ethyl adjacent to an activating group) is 1. The molecule has 1 aliphatic rings. The molecule has 6 heteroatoms. The molecule has 0 saturated carbocycles. The highest BCUT2D eigenvalue weighted by atomic mass is 19.1. The van der Waals surface area contributed by atoms with Crippen LogP contribution in [-0.4, -0.2) is 48.3 Å². The number of amides is 1. The van der Waals surface area contributed by atoms with Crippen molar-refractivity contribution in [3.05, 3.63) is 35.4 Å². The lowest BCUT2D eigenvalue weighted by Gasteiger charge is -2.35. The van der Waals surface area contributed by atoms with E-state index in [4.69, 9.17) is 4.74 Å². The van der Waals surface area contributed by atoms with Gasteiger partial charge in [-0.25, -0.2) is 8.78 Å². The fourth-order valence-corrected chi connectivity index (χ4v) is 2.29. The van der Waals surface area contributed by atoms with Gasteiger partial charge in [0.25, 0.3) is 5.91 Å². The highest BCUT2D eigenvalue weighted by molar-refractivity contribution is 5.94. The van der Waals surface area contributed by atoms with Crippen molar-refractivity contribution in [2.75, 3.05) is 26.8 Å². The van der Waals surface area contributed by atoms with Crippen molar-refractivity contribution in [3.8, 4) is 0 Å². The van der Waals surface area contributed by atoms with E-state index >= 15 is 0 Å². The largest absolute Gasteiger partial charge is 0.388 e. The summed E-state index contributed by atoms with van der Waals surface area (Å²) in [6.45, 7) is 0.957. The molecule has 1 heterocycles. The van der Waals surface area contributed by atoms with Crippen LogP contribution in [-0.2, 0) is 4.74 Å². The third-order valence-electron chi connectivity index (χ3n) is 3.46. The van der Waals surface area contributed by atoms with Crippen molar-refractivity contribution in [2.24, 2.45) is 0 Å². The molecule has 110 valence electrons. The minimum Gasteiger partial charge on any atom is -0.388 e. The zero-order valence-corrected chi connectivity index (χ0v) is 11.2. The molecular formula is C14H17F2NO3. The van der Waals surface area contributed by atoms with Crippen molar-refractivity contribution in [1.82, 2.24) is 4.90 Å². The summed E-state index contributed by atoms with van der Waals surface area (Å²) in [5.41, 5.74) is -1.22. The number of nitrogens with zero attached hydrogens (tertiary/aromatic N) is 1. The Hall–Kier alpha value is -1.53. The van der Waals surface area contributed by atoms with Gasteiger partial charge in [0.1, 0.15) is 11.6 Å². The van der Waals surface area contributed by atoms with E-state index in [-0.39, 0.29) is 12.1 Å². The van der Waals surface area contributed by atoms with E-state index in [1.165, 1.54) is 11.9 Å². The molecule has 1 fully saturated rings. The van der Waals surface area contributed by atoms with Gasteiger partial charge in [-0.1, -0.05) is 0 Å². The van der Waals surface area contributed by atoms with Gasteiger partial charge in [-0.15, -0.1) is 0 Å². The molecule has 2 rings (SSSR count). The highest BCUT2D eigenvalue weighted by Gasteiger charge is 2.33. The molecule has 0 aliphatic carbocycles. The van der Waals surface area contributed by atoms with Gasteiger partial charge in [-0.3, -0.25) is 4.79 Å². The summed E-state index contributed by atoms with van der Waals surface area (Å²) >= 11 is 0. The number of aliphatic hydroxyl groups is 1. The maximum atomic E-state index is 13.6. The molecule has 4 nitrogen and oxygen atoms in total. The monoisotopic (exact) mass is 285 g/mol. The number of ether oxygens (including phenoxy) is 1. The molecule has 0 radical (unpaired) electrons. The normalized spacial score (nSPS) is 17.8. The lowest BCUT2D eigenvalue weighted by Crippen LogP contribution is -2.47. The SMILES string of the molecule is CN(CC1(O)CCOCC1)C(=O)c1ccc(F)cc1F. The molecule has 0 bridgehead atoms. The standard InChI is InChI=1S/C14H17F2NO3/c1-17(9-14(19)4-6-20-7-5-14)13(18)11-3-2-10(15)8-12(11)16/h2-3,8,19H,4-7,9H2,1H3. The van der Waals surface area contributed by atoms with Crippen LogP contribution in [0.4, 0.5) is 8.78 Å². The Kier molecular flexibility index (Phi) is 4.35. The molecule has 0 unspecified atom stereocenters. The Bertz CT molecular complexity index is 501. The molecule has 20 heavy (non-hydrogen) atoms. The Morgan fingerprint density at radius 3 is 2.65 bits per heavy atom. The average Bonchev–Trinajstić information content (AvgIpc) is 2.38. The molecular weight excluding hydrogens is 268 g/mol. The zero-order valence-electron chi connectivity index (χ0n) is 11.2. The van der Waals surface area contributed by atoms with Crippen LogP contribution in [0.5, 0.6) is 0 Å². The zero-order chi connectivity index (χ0) is 14.8. The van der Waals surface area contributed by atoms with Gasteiger partial charge in [0, 0.05) is 45.7 Å². The lowest BCUT2D eigenvalue weighted by molar-refractivity contribution is -0.0734. The van der Waals surface area contributed by atoms with E-state index in [1.807, 2.05) is 0 Å². The van der Waals surface area contributed by atoms with Gasteiger partial charge >= 0.3 is 0 Å². The second-order valence-corrected chi connectivity index (χ2v) is 5.12. The number of hydrogen-bond donors (Lipinski definition) is 1. The molecule has 1 aliphatic heterocycles. The number of benzene rings is 1. The van der Waals surface area contributed by atoms with Crippen LogP contribution in [0.3, 0.4) is 0 Å². The van der Waals surface area contributed by atoms with Crippen LogP contribution in [0, 0.1) is 11.6 Å². The van der Waals surface area contributed by atoms with Crippen LogP contribution in [0.2, 0.25) is 0 Å².